The molecule has 0 bridgehead atoms. The lowest BCUT2D eigenvalue weighted by Gasteiger charge is -2.28. The Hall–Kier alpha value is -1.53. The summed E-state index contributed by atoms with van der Waals surface area (Å²) in [6.07, 6.45) is 1.48. The second-order valence-electron chi connectivity index (χ2n) is 5.89. The van der Waals surface area contributed by atoms with Gasteiger partial charge in [-0.3, -0.25) is 4.79 Å². The molecule has 0 saturated carbocycles. The first-order valence-electron chi connectivity index (χ1n) is 7.46. The zero-order valence-corrected chi connectivity index (χ0v) is 13.0. The maximum absolute atomic E-state index is 12.1. The van der Waals surface area contributed by atoms with Crippen LogP contribution < -0.4 is 5.32 Å². The highest BCUT2D eigenvalue weighted by molar-refractivity contribution is 5.92. The van der Waals surface area contributed by atoms with E-state index in [4.69, 9.17) is 0 Å². The van der Waals surface area contributed by atoms with E-state index in [0.29, 0.717) is 11.6 Å². The van der Waals surface area contributed by atoms with Crippen LogP contribution in [0.25, 0.3) is 0 Å². The zero-order chi connectivity index (χ0) is 15.4. The standard InChI is InChI=1S/C15H24N4O2/c1-10-8-13(15(21)16-9-11(2)20)18-14(17-10)12-4-6-19(3)7-5-12/h8,11-12,20H,4-7,9H2,1-3H3,(H,16,21). The van der Waals surface area contributed by atoms with Crippen molar-refractivity contribution >= 4 is 5.91 Å². The van der Waals surface area contributed by atoms with Gasteiger partial charge in [0.05, 0.1) is 6.10 Å². The number of amides is 1. The van der Waals surface area contributed by atoms with Crippen molar-refractivity contribution in [2.75, 3.05) is 26.7 Å². The number of rotatable bonds is 4. The SMILES string of the molecule is Cc1cc(C(=O)NCC(C)O)nc(C2CCN(C)CC2)n1. The van der Waals surface area contributed by atoms with Crippen molar-refractivity contribution in [3.63, 3.8) is 0 Å². The van der Waals surface area contributed by atoms with Crippen molar-refractivity contribution in [3.8, 4) is 0 Å². The number of aliphatic hydroxyl groups excluding tert-OH is 1. The molecule has 1 amide bonds. The minimum atomic E-state index is -0.565. The molecular formula is C15H24N4O2. The quantitative estimate of drug-likeness (QED) is 0.854. The van der Waals surface area contributed by atoms with E-state index in [1.165, 1.54) is 0 Å². The molecule has 0 aliphatic carbocycles. The van der Waals surface area contributed by atoms with Gasteiger partial charge in [0, 0.05) is 18.2 Å². The van der Waals surface area contributed by atoms with Crippen molar-refractivity contribution < 1.29 is 9.90 Å². The highest BCUT2D eigenvalue weighted by Gasteiger charge is 2.22. The molecule has 1 saturated heterocycles. The van der Waals surface area contributed by atoms with E-state index < -0.39 is 6.10 Å². The van der Waals surface area contributed by atoms with Gasteiger partial charge in [-0.2, -0.15) is 0 Å². The molecule has 2 rings (SSSR count). The Bertz CT molecular complexity index is 496. The third kappa shape index (κ3) is 4.47. The van der Waals surface area contributed by atoms with Gasteiger partial charge in [-0.25, -0.2) is 9.97 Å². The Balaban J connectivity index is 2.11. The van der Waals surface area contributed by atoms with Gasteiger partial charge in [-0.05, 0) is 52.9 Å². The van der Waals surface area contributed by atoms with Crippen molar-refractivity contribution in [1.29, 1.82) is 0 Å². The molecule has 1 aromatic heterocycles. The minimum Gasteiger partial charge on any atom is -0.392 e. The van der Waals surface area contributed by atoms with Crippen molar-refractivity contribution in [2.45, 2.75) is 38.7 Å². The average Bonchev–Trinajstić information content (AvgIpc) is 2.44. The number of likely N-dealkylation sites (tertiary alicyclic amines) is 1. The molecule has 1 aliphatic rings. The summed E-state index contributed by atoms with van der Waals surface area (Å²) >= 11 is 0. The zero-order valence-electron chi connectivity index (χ0n) is 13.0. The summed E-state index contributed by atoms with van der Waals surface area (Å²) in [6.45, 7) is 5.81. The number of carbonyl (C=O) groups is 1. The number of aliphatic hydroxyl groups is 1. The van der Waals surface area contributed by atoms with E-state index in [-0.39, 0.29) is 12.5 Å². The van der Waals surface area contributed by atoms with E-state index in [2.05, 4.69) is 27.2 Å². The van der Waals surface area contributed by atoms with Crippen LogP contribution in [-0.4, -0.2) is 58.7 Å². The molecule has 0 radical (unpaired) electrons. The van der Waals surface area contributed by atoms with Crippen LogP contribution in [0.2, 0.25) is 0 Å². The number of hydrogen-bond acceptors (Lipinski definition) is 5. The molecule has 2 heterocycles. The summed E-state index contributed by atoms with van der Waals surface area (Å²) in [4.78, 5) is 23.3. The smallest absolute Gasteiger partial charge is 0.270 e. The topological polar surface area (TPSA) is 78.3 Å². The first kappa shape index (κ1) is 15.9. The second kappa shape index (κ2) is 6.95. The fourth-order valence-electron chi connectivity index (χ4n) is 2.49. The monoisotopic (exact) mass is 292 g/mol. The molecule has 6 heteroatoms. The predicted molar refractivity (Wildman–Crippen MR) is 80.3 cm³/mol. The first-order chi connectivity index (χ1) is 9.95. The molecule has 1 aliphatic heterocycles. The number of nitrogens with one attached hydrogen (secondary N) is 1. The number of aryl methyl sites for hydroxylation is 1. The minimum absolute atomic E-state index is 0.228. The molecule has 21 heavy (non-hydrogen) atoms. The first-order valence-corrected chi connectivity index (χ1v) is 7.46. The third-order valence-corrected chi connectivity index (χ3v) is 3.75. The largest absolute Gasteiger partial charge is 0.392 e. The highest BCUT2D eigenvalue weighted by Crippen LogP contribution is 2.25. The molecule has 116 valence electrons. The predicted octanol–water partition coefficient (Wildman–Crippen LogP) is 0.705. The molecule has 0 aromatic carbocycles. The molecular weight excluding hydrogens is 268 g/mol. The van der Waals surface area contributed by atoms with E-state index in [9.17, 15) is 9.90 Å². The lowest BCUT2D eigenvalue weighted by Crippen LogP contribution is -2.32. The van der Waals surface area contributed by atoms with E-state index >= 15 is 0 Å². The number of hydrogen-bond donors (Lipinski definition) is 2. The van der Waals surface area contributed by atoms with Gasteiger partial charge in [0.25, 0.3) is 5.91 Å². The van der Waals surface area contributed by atoms with Gasteiger partial charge >= 0.3 is 0 Å². The lowest BCUT2D eigenvalue weighted by molar-refractivity contribution is 0.0918. The highest BCUT2D eigenvalue weighted by atomic mass is 16.3. The van der Waals surface area contributed by atoms with Crippen LogP contribution in [0.15, 0.2) is 6.07 Å². The van der Waals surface area contributed by atoms with E-state index in [1.807, 2.05) is 6.92 Å². The van der Waals surface area contributed by atoms with Crippen molar-refractivity contribution in [3.05, 3.63) is 23.3 Å². The second-order valence-corrected chi connectivity index (χ2v) is 5.89. The number of piperidine rings is 1. The Labute approximate surface area is 125 Å². The Kier molecular flexibility index (Phi) is 5.25. The number of aromatic nitrogens is 2. The average molecular weight is 292 g/mol. The Morgan fingerprint density at radius 1 is 1.48 bits per heavy atom. The maximum atomic E-state index is 12.1. The van der Waals surface area contributed by atoms with Crippen LogP contribution in [0.1, 0.15) is 47.7 Å². The van der Waals surface area contributed by atoms with Crippen molar-refractivity contribution in [2.24, 2.45) is 0 Å². The molecule has 2 N–H and O–H groups in total. The normalized spacial score (nSPS) is 18.5. The lowest BCUT2D eigenvalue weighted by atomic mass is 9.96. The van der Waals surface area contributed by atoms with Gasteiger partial charge in [-0.15, -0.1) is 0 Å². The fourth-order valence-corrected chi connectivity index (χ4v) is 2.49. The van der Waals surface area contributed by atoms with Crippen LogP contribution in [0.5, 0.6) is 0 Å². The van der Waals surface area contributed by atoms with Gasteiger partial charge in [0.1, 0.15) is 11.5 Å². The fraction of sp³-hybridized carbons (Fsp3) is 0.667. The summed E-state index contributed by atoms with van der Waals surface area (Å²) in [6, 6.07) is 1.69. The van der Waals surface area contributed by atoms with Crippen LogP contribution >= 0.6 is 0 Å². The molecule has 6 nitrogen and oxygen atoms in total. The molecule has 1 unspecified atom stereocenters. The van der Waals surface area contributed by atoms with Gasteiger partial charge < -0.3 is 15.3 Å². The van der Waals surface area contributed by atoms with Crippen LogP contribution in [0.4, 0.5) is 0 Å². The van der Waals surface area contributed by atoms with E-state index in [0.717, 1.165) is 37.4 Å². The Morgan fingerprint density at radius 3 is 2.76 bits per heavy atom. The third-order valence-electron chi connectivity index (χ3n) is 3.75. The van der Waals surface area contributed by atoms with E-state index in [1.54, 1.807) is 13.0 Å². The molecule has 1 atom stereocenters. The molecule has 0 spiro atoms. The molecule has 1 aromatic rings. The summed E-state index contributed by atoms with van der Waals surface area (Å²) in [5, 5.41) is 11.9. The maximum Gasteiger partial charge on any atom is 0.270 e. The van der Waals surface area contributed by atoms with Gasteiger partial charge in [-0.1, -0.05) is 0 Å². The summed E-state index contributed by atoms with van der Waals surface area (Å²) < 4.78 is 0. The summed E-state index contributed by atoms with van der Waals surface area (Å²) in [5.74, 6) is 0.838. The number of nitrogens with zero attached hydrogens (tertiary/aromatic N) is 3. The Morgan fingerprint density at radius 2 is 2.14 bits per heavy atom. The van der Waals surface area contributed by atoms with Crippen LogP contribution in [-0.2, 0) is 0 Å². The van der Waals surface area contributed by atoms with Crippen molar-refractivity contribution in [1.82, 2.24) is 20.2 Å². The van der Waals surface area contributed by atoms with Crippen LogP contribution in [0, 0.1) is 6.92 Å². The molecule has 1 fully saturated rings. The van der Waals surface area contributed by atoms with Gasteiger partial charge in [0.15, 0.2) is 0 Å². The van der Waals surface area contributed by atoms with Gasteiger partial charge in [0.2, 0.25) is 0 Å². The van der Waals surface area contributed by atoms with Crippen LogP contribution in [0.3, 0.4) is 0 Å². The summed E-state index contributed by atoms with van der Waals surface area (Å²) in [7, 11) is 2.11. The number of carbonyl (C=O) groups excluding carboxylic acids is 1. The summed E-state index contributed by atoms with van der Waals surface area (Å²) in [5.41, 5.74) is 1.19.